The number of aliphatic hydroxyl groups is 7. The maximum atomic E-state index is 8.44. The summed E-state index contributed by atoms with van der Waals surface area (Å²) in [5.41, 5.74) is 0. The van der Waals surface area contributed by atoms with E-state index >= 15 is 0 Å². The van der Waals surface area contributed by atoms with Gasteiger partial charge in [0.1, 0.15) is 12.2 Å². The van der Waals surface area contributed by atoms with Gasteiger partial charge in [-0.1, -0.05) is 6.92 Å². The fraction of sp³-hybridized carbons (Fsp3) is 1.00. The molecule has 0 aromatic heterocycles. The van der Waals surface area contributed by atoms with E-state index in [1.54, 1.807) is 0 Å². The molecule has 88 valence electrons. The molecule has 0 fully saturated rings. The van der Waals surface area contributed by atoms with E-state index < -0.39 is 18.2 Å². The Hall–Kier alpha value is -0.280. The zero-order chi connectivity index (χ0) is 11.8. The molecule has 7 heteroatoms. The average molecular weight is 214 g/mol. The summed E-state index contributed by atoms with van der Waals surface area (Å²) in [6.45, 7) is 0.787. The molecule has 0 spiro atoms. The van der Waals surface area contributed by atoms with Gasteiger partial charge in [-0.05, 0) is 6.42 Å². The maximum Gasteiger partial charge on any atom is 0.302 e. The van der Waals surface area contributed by atoms with Crippen LogP contribution in [-0.4, -0.2) is 67.1 Å². The lowest BCUT2D eigenvalue weighted by Gasteiger charge is -2.18. The summed E-state index contributed by atoms with van der Waals surface area (Å²) in [5, 5.41) is 56.9. The molecule has 0 aliphatic carbocycles. The number of aliphatic hydroxyl groups excluding tert-OH is 4. The second kappa shape index (κ2) is 8.06. The largest absolute Gasteiger partial charge is 0.394 e. The van der Waals surface area contributed by atoms with Crippen molar-refractivity contribution in [2.45, 2.75) is 31.5 Å². The standard InChI is InChI=1S/C4H10O4.C3H8O3/c1-2-3(5)4(6,7)8;4-1-3(6)2-5/h3,5-8H,2H2,1H3;3-6H,1-2H2. The van der Waals surface area contributed by atoms with E-state index in [4.69, 9.17) is 35.7 Å². The van der Waals surface area contributed by atoms with Crippen molar-refractivity contribution in [1.82, 2.24) is 0 Å². The van der Waals surface area contributed by atoms with Gasteiger partial charge in [0.05, 0.1) is 13.2 Å². The minimum Gasteiger partial charge on any atom is -0.394 e. The molecular weight excluding hydrogens is 196 g/mol. The van der Waals surface area contributed by atoms with Gasteiger partial charge < -0.3 is 35.7 Å². The number of rotatable bonds is 4. The van der Waals surface area contributed by atoms with E-state index in [-0.39, 0.29) is 19.6 Å². The first-order chi connectivity index (χ1) is 6.29. The second-order valence-electron chi connectivity index (χ2n) is 2.63. The first-order valence-electron chi connectivity index (χ1n) is 4.04. The summed E-state index contributed by atoms with van der Waals surface area (Å²) >= 11 is 0. The third kappa shape index (κ3) is 9.81. The van der Waals surface area contributed by atoms with Crippen LogP contribution in [0.1, 0.15) is 13.3 Å². The fourth-order valence-corrected chi connectivity index (χ4v) is 0.332. The third-order valence-corrected chi connectivity index (χ3v) is 1.26. The third-order valence-electron chi connectivity index (χ3n) is 1.26. The molecule has 0 saturated carbocycles. The molecule has 0 radical (unpaired) electrons. The van der Waals surface area contributed by atoms with Crippen molar-refractivity contribution in [2.24, 2.45) is 0 Å². The summed E-state index contributed by atoms with van der Waals surface area (Å²) in [6, 6.07) is 0. The summed E-state index contributed by atoms with van der Waals surface area (Å²) < 4.78 is 0. The zero-order valence-corrected chi connectivity index (χ0v) is 7.91. The van der Waals surface area contributed by atoms with Crippen molar-refractivity contribution in [1.29, 1.82) is 0 Å². The van der Waals surface area contributed by atoms with Crippen LogP contribution in [0.3, 0.4) is 0 Å². The predicted octanol–water partition coefficient (Wildman–Crippen LogP) is -3.28. The molecule has 0 heterocycles. The van der Waals surface area contributed by atoms with Gasteiger partial charge in [-0.2, -0.15) is 0 Å². The van der Waals surface area contributed by atoms with Crippen molar-refractivity contribution in [3.63, 3.8) is 0 Å². The Bertz CT molecular complexity index is 118. The van der Waals surface area contributed by atoms with Crippen LogP contribution >= 0.6 is 0 Å². The molecule has 7 N–H and O–H groups in total. The van der Waals surface area contributed by atoms with Crippen LogP contribution in [0.15, 0.2) is 0 Å². The van der Waals surface area contributed by atoms with Gasteiger partial charge in [0, 0.05) is 0 Å². The lowest BCUT2D eigenvalue weighted by molar-refractivity contribution is -0.354. The first-order valence-corrected chi connectivity index (χ1v) is 4.04. The minimum atomic E-state index is -2.94. The molecular formula is C7H18O7. The summed E-state index contributed by atoms with van der Waals surface area (Å²) in [6.07, 6.45) is -2.34. The monoisotopic (exact) mass is 214 g/mol. The molecule has 7 nitrogen and oxygen atoms in total. The lowest BCUT2D eigenvalue weighted by atomic mass is 10.2. The topological polar surface area (TPSA) is 142 Å². The van der Waals surface area contributed by atoms with E-state index in [1.807, 2.05) is 0 Å². The fourth-order valence-electron chi connectivity index (χ4n) is 0.332. The Morgan fingerprint density at radius 3 is 1.36 bits per heavy atom. The molecule has 0 rings (SSSR count). The molecule has 0 aromatic rings. The highest BCUT2D eigenvalue weighted by Crippen LogP contribution is 2.03. The average Bonchev–Trinajstić information content (AvgIpc) is 2.14. The van der Waals surface area contributed by atoms with Crippen LogP contribution in [0.4, 0.5) is 0 Å². The van der Waals surface area contributed by atoms with Crippen LogP contribution in [0.2, 0.25) is 0 Å². The zero-order valence-electron chi connectivity index (χ0n) is 7.91. The highest BCUT2D eigenvalue weighted by atomic mass is 16.7. The number of hydrogen-bond acceptors (Lipinski definition) is 7. The van der Waals surface area contributed by atoms with Gasteiger partial charge in [0.15, 0.2) is 0 Å². The Morgan fingerprint density at radius 2 is 1.36 bits per heavy atom. The van der Waals surface area contributed by atoms with Gasteiger partial charge in [0.25, 0.3) is 0 Å². The summed E-state index contributed by atoms with van der Waals surface area (Å²) in [5.74, 6) is -2.94. The van der Waals surface area contributed by atoms with E-state index in [2.05, 4.69) is 0 Å². The van der Waals surface area contributed by atoms with Gasteiger partial charge >= 0.3 is 5.97 Å². The SMILES string of the molecule is CCC(O)C(O)(O)O.OCC(O)CO. The predicted molar refractivity (Wildman–Crippen MR) is 45.9 cm³/mol. The highest BCUT2D eigenvalue weighted by molar-refractivity contribution is 4.58. The highest BCUT2D eigenvalue weighted by Gasteiger charge is 2.27. The van der Waals surface area contributed by atoms with E-state index in [0.717, 1.165) is 0 Å². The molecule has 1 unspecified atom stereocenters. The Kier molecular flexibility index (Phi) is 9.31. The van der Waals surface area contributed by atoms with Crippen LogP contribution < -0.4 is 0 Å². The Labute approximate surface area is 81.5 Å². The molecule has 0 amide bonds. The summed E-state index contributed by atoms with van der Waals surface area (Å²) in [7, 11) is 0. The van der Waals surface area contributed by atoms with Crippen molar-refractivity contribution in [3.8, 4) is 0 Å². The number of hydrogen-bond donors (Lipinski definition) is 7. The van der Waals surface area contributed by atoms with Crippen LogP contribution in [0, 0.1) is 0 Å². The van der Waals surface area contributed by atoms with Crippen molar-refractivity contribution >= 4 is 0 Å². The summed E-state index contributed by atoms with van der Waals surface area (Å²) in [4.78, 5) is 0. The van der Waals surface area contributed by atoms with Gasteiger partial charge in [0.2, 0.25) is 0 Å². The smallest absolute Gasteiger partial charge is 0.302 e. The van der Waals surface area contributed by atoms with E-state index in [1.165, 1.54) is 6.92 Å². The van der Waals surface area contributed by atoms with Gasteiger partial charge in [-0.3, -0.25) is 0 Å². The maximum absolute atomic E-state index is 8.44. The van der Waals surface area contributed by atoms with Crippen LogP contribution in [0.25, 0.3) is 0 Å². The second-order valence-corrected chi connectivity index (χ2v) is 2.63. The van der Waals surface area contributed by atoms with Gasteiger partial charge in [-0.25, -0.2) is 0 Å². The molecule has 0 aromatic carbocycles. The van der Waals surface area contributed by atoms with E-state index in [9.17, 15) is 0 Å². The quantitative estimate of drug-likeness (QED) is 0.243. The van der Waals surface area contributed by atoms with Crippen molar-refractivity contribution < 1.29 is 35.7 Å². The molecule has 0 aliphatic heterocycles. The first kappa shape index (κ1) is 16.2. The molecule has 0 saturated heterocycles. The van der Waals surface area contributed by atoms with Crippen molar-refractivity contribution in [3.05, 3.63) is 0 Å². The van der Waals surface area contributed by atoms with Crippen molar-refractivity contribution in [2.75, 3.05) is 13.2 Å². The minimum absolute atomic E-state index is 0.101. The van der Waals surface area contributed by atoms with Crippen LogP contribution in [-0.2, 0) is 0 Å². The Morgan fingerprint density at radius 1 is 1.00 bits per heavy atom. The molecule has 14 heavy (non-hydrogen) atoms. The van der Waals surface area contributed by atoms with E-state index in [0.29, 0.717) is 0 Å². The molecule has 0 aliphatic rings. The lowest BCUT2D eigenvalue weighted by Crippen LogP contribution is -2.41. The normalized spacial score (nSPS) is 13.5. The van der Waals surface area contributed by atoms with Gasteiger partial charge in [-0.15, -0.1) is 0 Å². The molecule has 0 bridgehead atoms. The van der Waals surface area contributed by atoms with Crippen LogP contribution in [0.5, 0.6) is 0 Å². The Balaban J connectivity index is 0. The molecule has 1 atom stereocenters.